The summed E-state index contributed by atoms with van der Waals surface area (Å²) in [5.74, 6) is -0.755. The van der Waals surface area contributed by atoms with E-state index in [9.17, 15) is 26.4 Å². The van der Waals surface area contributed by atoms with Crippen molar-refractivity contribution in [3.8, 4) is 5.75 Å². The van der Waals surface area contributed by atoms with Gasteiger partial charge in [0.2, 0.25) is 16.0 Å². The Morgan fingerprint density at radius 2 is 1.98 bits per heavy atom. The van der Waals surface area contributed by atoms with Gasteiger partial charge in [-0.25, -0.2) is 13.4 Å². The van der Waals surface area contributed by atoms with Gasteiger partial charge in [0.25, 0.3) is 5.91 Å². The second kappa shape index (κ2) is 13.0. The van der Waals surface area contributed by atoms with Gasteiger partial charge in [0.05, 0.1) is 30.8 Å². The maximum Gasteiger partial charge on any atom is 0.421 e. The van der Waals surface area contributed by atoms with E-state index in [1.807, 2.05) is 0 Å². The first-order valence-electron chi connectivity index (χ1n) is 13.3. The number of halogens is 3. The van der Waals surface area contributed by atoms with Crippen molar-refractivity contribution in [2.75, 3.05) is 48.5 Å². The van der Waals surface area contributed by atoms with Crippen LogP contribution in [0.3, 0.4) is 0 Å². The molecule has 1 atom stereocenters. The van der Waals surface area contributed by atoms with Gasteiger partial charge < -0.3 is 25.4 Å². The Hall–Kier alpha value is -4.11. The molecule has 0 aliphatic carbocycles. The average Bonchev–Trinajstić information content (AvgIpc) is 3.48. The molecule has 2 aromatic carbocycles. The van der Waals surface area contributed by atoms with Crippen molar-refractivity contribution in [2.45, 2.75) is 38.6 Å². The molecule has 4 rings (SSSR count). The number of carbonyl (C=O) groups is 1. The lowest BCUT2D eigenvalue weighted by Gasteiger charge is -2.22. The fourth-order valence-electron chi connectivity index (χ4n) is 4.43. The number of methoxy groups -OCH3 is 1. The normalized spacial score (nSPS) is 15.2. The largest absolute Gasteiger partial charge is 0.495 e. The molecule has 1 aromatic heterocycles. The Morgan fingerprint density at radius 3 is 2.63 bits per heavy atom. The smallest absolute Gasteiger partial charge is 0.421 e. The number of ether oxygens (including phenoxy) is 2. The summed E-state index contributed by atoms with van der Waals surface area (Å²) in [6.07, 6.45) is -1.28. The van der Waals surface area contributed by atoms with Crippen LogP contribution in [0.4, 0.5) is 36.3 Å². The third-order valence-electron chi connectivity index (χ3n) is 6.84. The maximum absolute atomic E-state index is 13.9. The first-order chi connectivity index (χ1) is 20.3. The SMILES string of the molecule is COc1cc(C(=O)NCC2CCCO2)ccc1Nc1ncc(C(F)(F)F)c(NCc2ccc(C)cc2N(C)S(C)(=O)=O)n1. The second-order valence-corrected chi connectivity index (χ2v) is 12.1. The lowest BCUT2D eigenvalue weighted by molar-refractivity contribution is -0.137. The Labute approximate surface area is 247 Å². The van der Waals surface area contributed by atoms with Crippen LogP contribution < -0.4 is 25.0 Å². The van der Waals surface area contributed by atoms with Gasteiger partial charge in [0, 0.05) is 38.5 Å². The summed E-state index contributed by atoms with van der Waals surface area (Å²) >= 11 is 0. The molecule has 15 heteroatoms. The van der Waals surface area contributed by atoms with Crippen LogP contribution in [0.2, 0.25) is 0 Å². The molecule has 232 valence electrons. The number of aromatic nitrogens is 2. The minimum absolute atomic E-state index is 0.0235. The predicted octanol–water partition coefficient (Wildman–Crippen LogP) is 4.47. The van der Waals surface area contributed by atoms with E-state index in [1.165, 1.54) is 32.4 Å². The molecule has 1 aliphatic heterocycles. The maximum atomic E-state index is 13.9. The quantitative estimate of drug-likeness (QED) is 0.283. The minimum Gasteiger partial charge on any atom is -0.495 e. The molecular formula is C28H33F3N6O5S. The highest BCUT2D eigenvalue weighted by molar-refractivity contribution is 7.92. The Morgan fingerprint density at radius 1 is 1.21 bits per heavy atom. The highest BCUT2D eigenvalue weighted by Gasteiger charge is 2.35. The van der Waals surface area contributed by atoms with Crippen molar-refractivity contribution in [1.29, 1.82) is 0 Å². The van der Waals surface area contributed by atoms with Crippen LogP contribution in [-0.4, -0.2) is 64.0 Å². The highest BCUT2D eigenvalue weighted by atomic mass is 32.2. The number of rotatable bonds is 11. The first-order valence-corrected chi connectivity index (χ1v) is 15.2. The van der Waals surface area contributed by atoms with Crippen molar-refractivity contribution >= 4 is 39.1 Å². The number of hydrogen-bond donors (Lipinski definition) is 3. The van der Waals surface area contributed by atoms with Gasteiger partial charge in [-0.15, -0.1) is 0 Å². The monoisotopic (exact) mass is 622 g/mol. The van der Waals surface area contributed by atoms with Crippen LogP contribution in [0, 0.1) is 6.92 Å². The number of carbonyl (C=O) groups excluding carboxylic acids is 1. The molecule has 1 fully saturated rings. The number of hydrogen-bond acceptors (Lipinski definition) is 9. The molecule has 1 unspecified atom stereocenters. The van der Waals surface area contributed by atoms with Gasteiger partial charge in [0.15, 0.2) is 0 Å². The molecule has 0 saturated carbocycles. The Bertz CT molecular complexity index is 1580. The van der Waals surface area contributed by atoms with Gasteiger partial charge in [-0.3, -0.25) is 9.10 Å². The zero-order valence-electron chi connectivity index (χ0n) is 24.1. The molecule has 3 aromatic rings. The van der Waals surface area contributed by atoms with Crippen LogP contribution in [-0.2, 0) is 27.5 Å². The predicted molar refractivity (Wildman–Crippen MR) is 156 cm³/mol. The van der Waals surface area contributed by atoms with E-state index < -0.39 is 27.6 Å². The molecule has 1 amide bonds. The molecule has 2 heterocycles. The summed E-state index contributed by atoms with van der Waals surface area (Å²) in [4.78, 5) is 20.5. The molecular weight excluding hydrogens is 589 g/mol. The highest BCUT2D eigenvalue weighted by Crippen LogP contribution is 2.35. The number of sulfonamides is 1. The number of amides is 1. The topological polar surface area (TPSA) is 135 Å². The molecule has 1 aliphatic rings. The third kappa shape index (κ3) is 8.04. The van der Waals surface area contributed by atoms with Crippen LogP contribution >= 0.6 is 0 Å². The number of anilines is 4. The summed E-state index contributed by atoms with van der Waals surface area (Å²) in [5.41, 5.74) is 1.08. The van der Waals surface area contributed by atoms with E-state index in [1.54, 1.807) is 25.1 Å². The van der Waals surface area contributed by atoms with E-state index >= 15 is 0 Å². The molecule has 11 nitrogen and oxygen atoms in total. The van der Waals surface area contributed by atoms with E-state index in [4.69, 9.17) is 9.47 Å². The first kappa shape index (κ1) is 31.8. The fourth-order valence-corrected chi connectivity index (χ4v) is 4.96. The molecule has 3 N–H and O–H groups in total. The van der Waals surface area contributed by atoms with Crippen LogP contribution in [0.1, 0.15) is 39.9 Å². The second-order valence-electron chi connectivity index (χ2n) is 10.1. The van der Waals surface area contributed by atoms with Crippen LogP contribution in [0.25, 0.3) is 0 Å². The van der Waals surface area contributed by atoms with Crippen LogP contribution in [0.5, 0.6) is 5.75 Å². The lowest BCUT2D eigenvalue weighted by atomic mass is 10.1. The van der Waals surface area contributed by atoms with E-state index in [0.717, 1.165) is 29.0 Å². The number of aryl methyl sites for hydroxylation is 1. The van der Waals surface area contributed by atoms with E-state index in [2.05, 4.69) is 25.9 Å². The lowest BCUT2D eigenvalue weighted by Crippen LogP contribution is -2.31. The average molecular weight is 623 g/mol. The number of nitrogens with one attached hydrogen (secondary N) is 3. The Balaban J connectivity index is 1.56. The van der Waals surface area contributed by atoms with E-state index in [-0.39, 0.29) is 30.3 Å². The third-order valence-corrected chi connectivity index (χ3v) is 8.03. The van der Waals surface area contributed by atoms with Crippen molar-refractivity contribution in [3.05, 3.63) is 64.8 Å². The summed E-state index contributed by atoms with van der Waals surface area (Å²) in [6.45, 7) is 2.67. The summed E-state index contributed by atoms with van der Waals surface area (Å²) < 4.78 is 77.9. The zero-order valence-corrected chi connectivity index (χ0v) is 24.9. The summed E-state index contributed by atoms with van der Waals surface area (Å²) in [7, 11) is -0.866. The number of nitrogens with zero attached hydrogens (tertiary/aromatic N) is 3. The number of benzene rings is 2. The standard InChI is InChI=1S/C28H33F3N6O5S/c1-17-7-8-19(23(12-17)37(2)43(4,39)40)14-32-25-21(28(29,30)31)16-34-27(36-25)35-22-10-9-18(13-24(22)41-3)26(38)33-15-20-6-5-11-42-20/h7-10,12-13,16,20H,5-6,11,14-15H2,1-4H3,(H,33,38)(H2,32,34,35,36). The van der Waals surface area contributed by atoms with Crippen molar-refractivity contribution < 1.29 is 35.9 Å². The molecule has 0 bridgehead atoms. The van der Waals surface area contributed by atoms with Gasteiger partial charge in [0.1, 0.15) is 17.1 Å². The van der Waals surface area contributed by atoms with Gasteiger partial charge in [-0.05, 0) is 55.2 Å². The minimum atomic E-state index is -4.77. The van der Waals surface area contributed by atoms with Crippen LogP contribution in [0.15, 0.2) is 42.6 Å². The zero-order chi connectivity index (χ0) is 31.4. The van der Waals surface area contributed by atoms with Crippen molar-refractivity contribution in [2.24, 2.45) is 0 Å². The van der Waals surface area contributed by atoms with Gasteiger partial charge >= 0.3 is 6.18 Å². The van der Waals surface area contributed by atoms with Crippen molar-refractivity contribution in [1.82, 2.24) is 15.3 Å². The van der Waals surface area contributed by atoms with Crippen molar-refractivity contribution in [3.63, 3.8) is 0 Å². The molecule has 0 spiro atoms. The fraction of sp³-hybridized carbons (Fsp3) is 0.393. The summed E-state index contributed by atoms with van der Waals surface area (Å²) in [6, 6.07) is 9.56. The molecule has 0 radical (unpaired) electrons. The number of alkyl halides is 3. The van der Waals surface area contributed by atoms with Gasteiger partial charge in [-0.1, -0.05) is 12.1 Å². The van der Waals surface area contributed by atoms with Gasteiger partial charge in [-0.2, -0.15) is 18.2 Å². The van der Waals surface area contributed by atoms with E-state index in [0.29, 0.717) is 41.9 Å². The Kier molecular flexibility index (Phi) is 9.65. The summed E-state index contributed by atoms with van der Waals surface area (Å²) in [5, 5.41) is 8.36. The molecule has 1 saturated heterocycles. The molecule has 43 heavy (non-hydrogen) atoms.